The van der Waals surface area contributed by atoms with Crippen molar-refractivity contribution in [2.45, 2.75) is 20.1 Å². The van der Waals surface area contributed by atoms with Crippen LogP contribution in [0.5, 0.6) is 5.75 Å². The zero-order chi connectivity index (χ0) is 17.9. The molecule has 2 aromatic rings. The van der Waals surface area contributed by atoms with E-state index in [4.69, 9.17) is 18.9 Å². The summed E-state index contributed by atoms with van der Waals surface area (Å²) in [6.07, 6.45) is 0. The van der Waals surface area contributed by atoms with Gasteiger partial charge in [0, 0.05) is 4.47 Å². The van der Waals surface area contributed by atoms with E-state index in [9.17, 15) is 0 Å². The van der Waals surface area contributed by atoms with Crippen LogP contribution in [0.15, 0.2) is 46.9 Å². The van der Waals surface area contributed by atoms with Crippen LogP contribution in [0.4, 0.5) is 0 Å². The summed E-state index contributed by atoms with van der Waals surface area (Å²) in [5.41, 5.74) is 3.59. The highest BCUT2D eigenvalue weighted by Crippen LogP contribution is 2.20. The van der Waals surface area contributed by atoms with E-state index in [2.05, 4.69) is 28.9 Å². The molecule has 0 radical (unpaired) electrons. The molecule has 2 aromatic carbocycles. The topological polar surface area (TPSA) is 36.9 Å². The van der Waals surface area contributed by atoms with E-state index < -0.39 is 0 Å². The summed E-state index contributed by atoms with van der Waals surface area (Å²) in [6.45, 7) is 6.43. The second kappa shape index (κ2) is 11.3. The number of rotatable bonds is 5. The van der Waals surface area contributed by atoms with Gasteiger partial charge in [-0.25, -0.2) is 0 Å². The molecule has 1 saturated heterocycles. The van der Waals surface area contributed by atoms with Gasteiger partial charge in [-0.3, -0.25) is 0 Å². The first kappa shape index (κ1) is 19.9. The summed E-state index contributed by atoms with van der Waals surface area (Å²) in [6, 6.07) is 14.1. The van der Waals surface area contributed by atoms with Gasteiger partial charge in [-0.05, 0) is 41.8 Å². The molecule has 0 aliphatic carbocycles. The molecule has 1 aliphatic rings. The molecule has 0 amide bonds. The summed E-state index contributed by atoms with van der Waals surface area (Å²) >= 11 is 3.53. The summed E-state index contributed by atoms with van der Waals surface area (Å²) in [7, 11) is 1.67. The van der Waals surface area contributed by atoms with E-state index in [1.807, 2.05) is 36.4 Å². The predicted molar refractivity (Wildman–Crippen MR) is 102 cm³/mol. The van der Waals surface area contributed by atoms with Crippen LogP contribution in [0.1, 0.15) is 16.7 Å². The zero-order valence-corrected chi connectivity index (χ0v) is 16.4. The Morgan fingerprint density at radius 3 is 2.12 bits per heavy atom. The lowest BCUT2D eigenvalue weighted by molar-refractivity contribution is -0.0334. The van der Waals surface area contributed by atoms with Crippen molar-refractivity contribution in [3.8, 4) is 5.75 Å². The van der Waals surface area contributed by atoms with Crippen LogP contribution in [-0.2, 0) is 27.4 Å². The lowest BCUT2D eigenvalue weighted by atomic mass is 10.1. The maximum absolute atomic E-state index is 5.75. The first-order valence-corrected chi connectivity index (χ1v) is 9.10. The van der Waals surface area contributed by atoms with Crippen molar-refractivity contribution in [2.24, 2.45) is 0 Å². The Bertz CT molecular complexity index is 613. The van der Waals surface area contributed by atoms with Crippen molar-refractivity contribution < 1.29 is 18.9 Å². The molecular weight excluding hydrogens is 384 g/mol. The zero-order valence-electron chi connectivity index (χ0n) is 14.8. The van der Waals surface area contributed by atoms with E-state index in [1.165, 1.54) is 11.1 Å². The Morgan fingerprint density at radius 1 is 0.920 bits per heavy atom. The van der Waals surface area contributed by atoms with Crippen LogP contribution < -0.4 is 4.74 Å². The van der Waals surface area contributed by atoms with Crippen LogP contribution in [0.25, 0.3) is 0 Å². The van der Waals surface area contributed by atoms with Gasteiger partial charge in [0.15, 0.2) is 0 Å². The highest BCUT2D eigenvalue weighted by atomic mass is 79.9. The fraction of sp³-hybridized carbons (Fsp3) is 0.400. The van der Waals surface area contributed by atoms with Crippen LogP contribution in [0, 0.1) is 6.92 Å². The minimum absolute atomic E-state index is 0.607. The standard InChI is InChI=1S/C16H17BrO2.C4H8O2/c1-12-14(4-3-5-16(12)17)11-19-10-13-6-8-15(18-2)9-7-13;1-2-6-4-3-5-1/h3-9H,10-11H2,1-2H3;1-4H2. The summed E-state index contributed by atoms with van der Waals surface area (Å²) < 4.78 is 21.9. The van der Waals surface area contributed by atoms with Gasteiger partial charge in [-0.15, -0.1) is 0 Å². The molecule has 1 heterocycles. The van der Waals surface area contributed by atoms with Gasteiger partial charge in [0.2, 0.25) is 0 Å². The van der Waals surface area contributed by atoms with Gasteiger partial charge in [-0.1, -0.05) is 40.2 Å². The maximum atomic E-state index is 5.75. The highest BCUT2D eigenvalue weighted by Gasteiger charge is 2.02. The van der Waals surface area contributed by atoms with Crippen molar-refractivity contribution in [3.63, 3.8) is 0 Å². The molecular formula is C20H25BrO4. The Labute approximate surface area is 158 Å². The second-order valence-corrected chi connectivity index (χ2v) is 6.44. The fourth-order valence-corrected chi connectivity index (χ4v) is 2.66. The number of benzene rings is 2. The molecule has 3 rings (SSSR count). The molecule has 136 valence electrons. The second-order valence-electron chi connectivity index (χ2n) is 5.59. The van der Waals surface area contributed by atoms with Gasteiger partial charge in [0.05, 0.1) is 46.8 Å². The van der Waals surface area contributed by atoms with Gasteiger partial charge >= 0.3 is 0 Å². The summed E-state index contributed by atoms with van der Waals surface area (Å²) in [5, 5.41) is 0. The average Bonchev–Trinajstić information content (AvgIpc) is 2.67. The van der Waals surface area contributed by atoms with Crippen LogP contribution in [0.2, 0.25) is 0 Å². The normalized spacial score (nSPS) is 13.7. The molecule has 25 heavy (non-hydrogen) atoms. The number of methoxy groups -OCH3 is 1. The third-order valence-corrected chi connectivity index (χ3v) is 4.67. The Balaban J connectivity index is 0.000000316. The van der Waals surface area contributed by atoms with Gasteiger partial charge in [0.25, 0.3) is 0 Å². The number of ether oxygens (including phenoxy) is 4. The number of hydrogen-bond acceptors (Lipinski definition) is 4. The monoisotopic (exact) mass is 408 g/mol. The summed E-state index contributed by atoms with van der Waals surface area (Å²) in [4.78, 5) is 0. The lowest BCUT2D eigenvalue weighted by Gasteiger charge is -2.09. The van der Waals surface area contributed by atoms with Crippen molar-refractivity contribution >= 4 is 15.9 Å². The molecule has 0 spiro atoms. The smallest absolute Gasteiger partial charge is 0.118 e. The third-order valence-electron chi connectivity index (χ3n) is 3.81. The maximum Gasteiger partial charge on any atom is 0.118 e. The van der Waals surface area contributed by atoms with E-state index in [1.54, 1.807) is 7.11 Å². The molecule has 5 heteroatoms. The molecule has 4 nitrogen and oxygen atoms in total. The minimum atomic E-state index is 0.607. The predicted octanol–water partition coefficient (Wildman–Crippen LogP) is 4.52. The molecule has 1 fully saturated rings. The SMILES string of the molecule is C1COCCO1.COc1ccc(COCc2cccc(Br)c2C)cc1. The van der Waals surface area contributed by atoms with Crippen LogP contribution in [0.3, 0.4) is 0 Å². The number of halogens is 1. The van der Waals surface area contributed by atoms with E-state index in [0.717, 1.165) is 42.2 Å². The molecule has 0 aromatic heterocycles. The molecule has 1 aliphatic heterocycles. The first-order valence-electron chi connectivity index (χ1n) is 8.31. The van der Waals surface area contributed by atoms with Crippen molar-refractivity contribution in [1.82, 2.24) is 0 Å². The van der Waals surface area contributed by atoms with Gasteiger partial charge in [0.1, 0.15) is 5.75 Å². The third kappa shape index (κ3) is 7.16. The van der Waals surface area contributed by atoms with Gasteiger partial charge in [-0.2, -0.15) is 0 Å². The van der Waals surface area contributed by atoms with Gasteiger partial charge < -0.3 is 18.9 Å². The molecule has 0 atom stereocenters. The first-order chi connectivity index (χ1) is 12.2. The minimum Gasteiger partial charge on any atom is -0.497 e. The van der Waals surface area contributed by atoms with Crippen molar-refractivity contribution in [3.05, 3.63) is 63.6 Å². The quantitative estimate of drug-likeness (QED) is 0.728. The largest absolute Gasteiger partial charge is 0.497 e. The fourth-order valence-electron chi connectivity index (χ4n) is 2.25. The molecule has 0 saturated carbocycles. The Morgan fingerprint density at radius 2 is 1.56 bits per heavy atom. The Kier molecular flexibility index (Phi) is 8.97. The highest BCUT2D eigenvalue weighted by molar-refractivity contribution is 9.10. The lowest BCUT2D eigenvalue weighted by Crippen LogP contribution is -2.16. The number of hydrogen-bond donors (Lipinski definition) is 0. The van der Waals surface area contributed by atoms with Crippen molar-refractivity contribution in [2.75, 3.05) is 33.5 Å². The van der Waals surface area contributed by atoms with Crippen LogP contribution >= 0.6 is 15.9 Å². The average molecular weight is 409 g/mol. The Hall–Kier alpha value is -1.40. The van der Waals surface area contributed by atoms with Crippen molar-refractivity contribution in [1.29, 1.82) is 0 Å². The van der Waals surface area contributed by atoms with Crippen LogP contribution in [-0.4, -0.2) is 33.5 Å². The molecule has 0 unspecified atom stereocenters. The van der Waals surface area contributed by atoms with E-state index in [0.29, 0.717) is 13.2 Å². The molecule has 0 N–H and O–H groups in total. The van der Waals surface area contributed by atoms with E-state index in [-0.39, 0.29) is 0 Å². The van der Waals surface area contributed by atoms with E-state index >= 15 is 0 Å². The summed E-state index contributed by atoms with van der Waals surface area (Å²) in [5.74, 6) is 0.867. The molecule has 0 bridgehead atoms.